The minimum Gasteiger partial charge on any atom is -0.322 e. The number of carbonyl (C=O) groups is 1. The lowest BCUT2D eigenvalue weighted by Gasteiger charge is -2.26. The molecule has 9 heteroatoms. The van der Waals surface area contributed by atoms with E-state index in [-0.39, 0.29) is 4.47 Å². The summed E-state index contributed by atoms with van der Waals surface area (Å²) in [5.74, 6) is -3.73. The Morgan fingerprint density at radius 2 is 1.79 bits per heavy atom. The third kappa shape index (κ3) is 3.21. The van der Waals surface area contributed by atoms with Crippen LogP contribution in [0.25, 0.3) is 0 Å². The van der Waals surface area contributed by atoms with Gasteiger partial charge in [0.15, 0.2) is 5.54 Å². The monoisotopic (exact) mass is 346 g/mol. The predicted molar refractivity (Wildman–Crippen MR) is 61.3 cm³/mol. The molecule has 0 aliphatic rings. The van der Waals surface area contributed by atoms with Crippen molar-refractivity contribution in [3.8, 4) is 0 Å². The van der Waals surface area contributed by atoms with Crippen molar-refractivity contribution in [2.24, 2.45) is 5.73 Å². The third-order valence-corrected chi connectivity index (χ3v) is 2.93. The van der Waals surface area contributed by atoms with E-state index in [2.05, 4.69) is 15.9 Å². The summed E-state index contributed by atoms with van der Waals surface area (Å²) >= 11 is 2.69. The van der Waals surface area contributed by atoms with E-state index in [4.69, 9.17) is 5.73 Å². The van der Waals surface area contributed by atoms with Crippen molar-refractivity contribution in [1.29, 1.82) is 0 Å². The van der Waals surface area contributed by atoms with Crippen LogP contribution in [0.4, 0.5) is 27.6 Å². The van der Waals surface area contributed by atoms with Crippen LogP contribution in [0.5, 0.6) is 0 Å². The molecule has 3 nitrogen and oxygen atoms in total. The van der Waals surface area contributed by atoms with Gasteiger partial charge in [0.1, 0.15) is 11.6 Å². The van der Waals surface area contributed by atoms with Gasteiger partial charge in [-0.05, 0) is 28.9 Å². The number of anilines is 1. The van der Waals surface area contributed by atoms with Crippen LogP contribution in [-0.2, 0) is 4.79 Å². The van der Waals surface area contributed by atoms with Crippen molar-refractivity contribution in [2.45, 2.75) is 18.6 Å². The Kier molecular flexibility index (Phi) is 4.20. The largest absolute Gasteiger partial charge is 0.415 e. The van der Waals surface area contributed by atoms with Crippen LogP contribution in [0.1, 0.15) is 6.92 Å². The number of alkyl halides is 3. The van der Waals surface area contributed by atoms with E-state index in [0.717, 1.165) is 0 Å². The summed E-state index contributed by atoms with van der Waals surface area (Å²) in [5, 5.41) is 1.61. The molecule has 0 saturated heterocycles. The number of amides is 1. The lowest BCUT2D eigenvalue weighted by atomic mass is 10.0. The van der Waals surface area contributed by atoms with Gasteiger partial charge < -0.3 is 11.1 Å². The first-order valence-corrected chi connectivity index (χ1v) is 5.57. The van der Waals surface area contributed by atoms with Gasteiger partial charge in [-0.25, -0.2) is 8.78 Å². The number of benzene rings is 1. The SMILES string of the molecule is CC(N)(C(=O)Nc1cc(F)c(Br)cc1F)C(F)(F)F. The topological polar surface area (TPSA) is 55.1 Å². The minimum atomic E-state index is -5.03. The molecular formula is C10H8BrF5N2O. The molecule has 0 radical (unpaired) electrons. The second kappa shape index (κ2) is 5.04. The standard InChI is InChI=1S/C10H8BrF5N2O/c1-9(17,10(14,15)16)8(19)18-7-3-5(12)4(11)2-6(7)13/h2-3H,17H2,1H3,(H,18,19). The summed E-state index contributed by atoms with van der Waals surface area (Å²) in [7, 11) is 0. The molecule has 0 saturated carbocycles. The van der Waals surface area contributed by atoms with Crippen LogP contribution in [0.15, 0.2) is 16.6 Å². The van der Waals surface area contributed by atoms with Crippen molar-refractivity contribution < 1.29 is 26.7 Å². The number of nitrogens with one attached hydrogen (secondary N) is 1. The quantitative estimate of drug-likeness (QED) is 0.639. The minimum absolute atomic E-state index is 0.227. The molecule has 1 aromatic carbocycles. The maximum Gasteiger partial charge on any atom is 0.415 e. The van der Waals surface area contributed by atoms with Crippen LogP contribution < -0.4 is 11.1 Å². The van der Waals surface area contributed by atoms with Crippen LogP contribution in [0, 0.1) is 11.6 Å². The van der Waals surface area contributed by atoms with Crippen molar-refractivity contribution in [2.75, 3.05) is 5.32 Å². The molecule has 1 atom stereocenters. The Morgan fingerprint density at radius 1 is 1.26 bits per heavy atom. The van der Waals surface area contributed by atoms with Gasteiger partial charge in [0.25, 0.3) is 5.91 Å². The molecule has 0 fully saturated rings. The molecule has 1 amide bonds. The van der Waals surface area contributed by atoms with Gasteiger partial charge in [-0.3, -0.25) is 4.79 Å². The number of halogens is 6. The number of hydrogen-bond donors (Lipinski definition) is 2. The highest BCUT2D eigenvalue weighted by atomic mass is 79.9. The Morgan fingerprint density at radius 3 is 2.26 bits per heavy atom. The van der Waals surface area contributed by atoms with Crippen LogP contribution >= 0.6 is 15.9 Å². The second-order valence-corrected chi connectivity index (χ2v) is 4.75. The molecule has 106 valence electrons. The summed E-state index contributed by atoms with van der Waals surface area (Å²) in [6.45, 7) is 0.426. The molecular weight excluding hydrogens is 339 g/mol. The second-order valence-electron chi connectivity index (χ2n) is 3.90. The van der Waals surface area contributed by atoms with E-state index >= 15 is 0 Å². The van der Waals surface area contributed by atoms with Gasteiger partial charge in [0.2, 0.25) is 0 Å². The summed E-state index contributed by atoms with van der Waals surface area (Å²) in [5.41, 5.74) is 0.891. The van der Waals surface area contributed by atoms with Gasteiger partial charge in [-0.1, -0.05) is 0 Å². The molecule has 0 aromatic heterocycles. The first-order valence-electron chi connectivity index (χ1n) is 4.78. The van der Waals surface area contributed by atoms with E-state index in [1.54, 1.807) is 5.32 Å². The maximum atomic E-state index is 13.3. The Bertz CT molecular complexity index is 515. The molecule has 19 heavy (non-hydrogen) atoms. The van der Waals surface area contributed by atoms with E-state index in [1.807, 2.05) is 0 Å². The molecule has 1 aromatic rings. The molecule has 0 spiro atoms. The molecule has 1 unspecified atom stereocenters. The van der Waals surface area contributed by atoms with Crippen molar-refractivity contribution in [3.63, 3.8) is 0 Å². The molecule has 0 aliphatic heterocycles. The predicted octanol–water partition coefficient (Wildman–Crippen LogP) is 2.95. The Hall–Kier alpha value is -1.22. The van der Waals surface area contributed by atoms with Crippen molar-refractivity contribution in [3.05, 3.63) is 28.2 Å². The van der Waals surface area contributed by atoms with Crippen LogP contribution in [0.3, 0.4) is 0 Å². The number of hydrogen-bond acceptors (Lipinski definition) is 2. The normalized spacial score (nSPS) is 14.9. The highest BCUT2D eigenvalue weighted by molar-refractivity contribution is 9.10. The average molecular weight is 347 g/mol. The summed E-state index contributed by atoms with van der Waals surface area (Å²) in [6.07, 6.45) is -5.03. The zero-order valence-corrected chi connectivity index (χ0v) is 11.0. The molecule has 1 rings (SSSR count). The van der Waals surface area contributed by atoms with E-state index in [9.17, 15) is 26.7 Å². The Balaban J connectivity index is 3.05. The highest BCUT2D eigenvalue weighted by Gasteiger charge is 2.54. The molecule has 0 heterocycles. The van der Waals surface area contributed by atoms with Gasteiger partial charge in [0, 0.05) is 6.07 Å². The lowest BCUT2D eigenvalue weighted by molar-refractivity contribution is -0.184. The smallest absolute Gasteiger partial charge is 0.322 e. The first-order chi connectivity index (χ1) is 8.46. The van der Waals surface area contributed by atoms with Crippen molar-refractivity contribution >= 4 is 27.5 Å². The summed E-state index contributed by atoms with van der Waals surface area (Å²) in [4.78, 5) is 11.4. The zero-order chi connectivity index (χ0) is 15.0. The van der Waals surface area contributed by atoms with Gasteiger partial charge >= 0.3 is 6.18 Å². The molecule has 0 aliphatic carbocycles. The van der Waals surface area contributed by atoms with E-state index in [1.165, 1.54) is 0 Å². The van der Waals surface area contributed by atoms with E-state index in [0.29, 0.717) is 19.1 Å². The van der Waals surface area contributed by atoms with Gasteiger partial charge in [0.05, 0.1) is 10.2 Å². The summed E-state index contributed by atoms with van der Waals surface area (Å²) < 4.78 is 63.6. The van der Waals surface area contributed by atoms with Gasteiger partial charge in [-0.2, -0.15) is 13.2 Å². The van der Waals surface area contributed by atoms with Crippen LogP contribution in [-0.4, -0.2) is 17.6 Å². The average Bonchev–Trinajstić information content (AvgIpc) is 2.24. The fourth-order valence-electron chi connectivity index (χ4n) is 0.999. The third-order valence-electron chi connectivity index (χ3n) is 2.32. The molecule has 0 bridgehead atoms. The molecule has 3 N–H and O–H groups in total. The maximum absolute atomic E-state index is 13.3. The van der Waals surface area contributed by atoms with E-state index < -0.39 is 34.9 Å². The number of nitrogens with two attached hydrogens (primary N) is 1. The summed E-state index contributed by atoms with van der Waals surface area (Å²) in [6, 6.07) is 1.22. The van der Waals surface area contributed by atoms with Gasteiger partial charge in [-0.15, -0.1) is 0 Å². The first kappa shape index (κ1) is 15.8. The lowest BCUT2D eigenvalue weighted by Crippen LogP contribution is -2.59. The highest BCUT2D eigenvalue weighted by Crippen LogP contribution is 2.30. The number of carbonyl (C=O) groups excluding carboxylic acids is 1. The zero-order valence-electron chi connectivity index (χ0n) is 9.41. The fraction of sp³-hybridized carbons (Fsp3) is 0.300. The fourth-order valence-corrected chi connectivity index (χ4v) is 1.31. The van der Waals surface area contributed by atoms with Crippen LogP contribution in [0.2, 0.25) is 0 Å². The Labute approximate surface area is 113 Å². The van der Waals surface area contributed by atoms with Crippen molar-refractivity contribution in [1.82, 2.24) is 0 Å². The number of rotatable bonds is 2.